The Morgan fingerprint density at radius 3 is 2.58 bits per heavy atom. The molecule has 0 aromatic heterocycles. The smallest absolute Gasteiger partial charge is 0.198 e. The Labute approximate surface area is 121 Å². The van der Waals surface area contributed by atoms with Crippen LogP contribution >= 0.6 is 23.4 Å². The Bertz CT molecular complexity index is 463. The number of halogens is 1. The highest BCUT2D eigenvalue weighted by atomic mass is 35.5. The van der Waals surface area contributed by atoms with Crippen molar-refractivity contribution in [2.24, 2.45) is 0 Å². The van der Waals surface area contributed by atoms with Gasteiger partial charge in [-0.2, -0.15) is 0 Å². The van der Waals surface area contributed by atoms with Crippen LogP contribution in [0.15, 0.2) is 35.2 Å². The van der Waals surface area contributed by atoms with E-state index in [9.17, 15) is 0 Å². The third-order valence-electron chi connectivity index (χ3n) is 4.00. The summed E-state index contributed by atoms with van der Waals surface area (Å²) >= 11 is 8.30. The SMILES string of the molecule is Cl[C@H]1[C@H](Sc2ccccc2)[C@@H]2O[C@H]1CC21OCCO1. The molecule has 3 aliphatic rings. The largest absolute Gasteiger partial charge is 0.366 e. The fourth-order valence-electron chi connectivity index (χ4n) is 3.17. The van der Waals surface area contributed by atoms with Gasteiger partial charge in [0.2, 0.25) is 0 Å². The molecule has 4 atom stereocenters. The van der Waals surface area contributed by atoms with E-state index < -0.39 is 5.79 Å². The van der Waals surface area contributed by atoms with Crippen molar-refractivity contribution in [2.75, 3.05) is 13.2 Å². The Hall–Kier alpha value is -0.260. The lowest BCUT2D eigenvalue weighted by Crippen LogP contribution is -2.50. The Morgan fingerprint density at radius 2 is 1.89 bits per heavy atom. The van der Waals surface area contributed by atoms with Crippen LogP contribution in [-0.2, 0) is 14.2 Å². The molecule has 3 aliphatic heterocycles. The van der Waals surface area contributed by atoms with Gasteiger partial charge < -0.3 is 14.2 Å². The zero-order chi connectivity index (χ0) is 12.9. The highest BCUT2D eigenvalue weighted by Gasteiger charge is 2.64. The average molecular weight is 299 g/mol. The summed E-state index contributed by atoms with van der Waals surface area (Å²) in [7, 11) is 0. The van der Waals surface area contributed by atoms with Gasteiger partial charge in [-0.25, -0.2) is 0 Å². The number of benzene rings is 1. The van der Waals surface area contributed by atoms with Gasteiger partial charge in [0, 0.05) is 11.3 Å². The zero-order valence-electron chi connectivity index (χ0n) is 10.3. The molecule has 0 saturated carbocycles. The first-order valence-corrected chi connectivity index (χ1v) is 7.89. The fraction of sp³-hybridized carbons (Fsp3) is 0.571. The maximum atomic E-state index is 6.53. The van der Waals surface area contributed by atoms with Gasteiger partial charge in [0.25, 0.3) is 0 Å². The van der Waals surface area contributed by atoms with Crippen molar-refractivity contribution in [3.05, 3.63) is 30.3 Å². The van der Waals surface area contributed by atoms with Gasteiger partial charge >= 0.3 is 0 Å². The minimum absolute atomic E-state index is 0.0219. The predicted octanol–water partition coefficient (Wildman–Crippen LogP) is 2.67. The van der Waals surface area contributed by atoms with Crippen LogP contribution in [0, 0.1) is 0 Å². The Morgan fingerprint density at radius 1 is 1.16 bits per heavy atom. The first-order chi connectivity index (χ1) is 9.28. The maximum Gasteiger partial charge on any atom is 0.198 e. The van der Waals surface area contributed by atoms with E-state index >= 15 is 0 Å². The molecule has 4 rings (SSSR count). The summed E-state index contributed by atoms with van der Waals surface area (Å²) in [4.78, 5) is 1.21. The molecule has 3 fully saturated rings. The van der Waals surface area contributed by atoms with Crippen molar-refractivity contribution in [2.45, 2.75) is 39.9 Å². The van der Waals surface area contributed by atoms with Crippen LogP contribution < -0.4 is 0 Å². The van der Waals surface area contributed by atoms with Gasteiger partial charge in [-0.15, -0.1) is 23.4 Å². The molecule has 5 heteroatoms. The minimum Gasteiger partial charge on any atom is -0.366 e. The van der Waals surface area contributed by atoms with Crippen LogP contribution in [0.3, 0.4) is 0 Å². The van der Waals surface area contributed by atoms with Gasteiger partial charge in [0.15, 0.2) is 5.79 Å². The summed E-state index contributed by atoms with van der Waals surface area (Å²) in [6.45, 7) is 1.31. The number of hydrogen-bond donors (Lipinski definition) is 0. The lowest BCUT2D eigenvalue weighted by molar-refractivity contribution is -0.186. The average Bonchev–Trinajstić information content (AvgIpc) is 3.11. The highest BCUT2D eigenvalue weighted by molar-refractivity contribution is 8.00. The summed E-state index contributed by atoms with van der Waals surface area (Å²) in [6, 6.07) is 10.3. The number of thioether (sulfide) groups is 1. The van der Waals surface area contributed by atoms with Crippen LogP contribution in [0.25, 0.3) is 0 Å². The van der Waals surface area contributed by atoms with Crippen molar-refractivity contribution in [3.63, 3.8) is 0 Å². The third-order valence-corrected chi connectivity index (χ3v) is 6.06. The summed E-state index contributed by atoms with van der Waals surface area (Å²) < 4.78 is 17.7. The Balaban J connectivity index is 1.58. The molecular weight excluding hydrogens is 284 g/mol. The van der Waals surface area contributed by atoms with Gasteiger partial charge in [0.1, 0.15) is 6.10 Å². The molecule has 19 heavy (non-hydrogen) atoms. The topological polar surface area (TPSA) is 27.7 Å². The molecule has 0 unspecified atom stereocenters. The molecule has 0 aliphatic carbocycles. The molecule has 1 spiro atoms. The van der Waals surface area contributed by atoms with Crippen molar-refractivity contribution < 1.29 is 14.2 Å². The molecule has 2 bridgehead atoms. The molecule has 3 saturated heterocycles. The molecule has 102 valence electrons. The molecule has 0 radical (unpaired) electrons. The zero-order valence-corrected chi connectivity index (χ0v) is 11.9. The summed E-state index contributed by atoms with van der Waals surface area (Å²) in [6.07, 6.45) is 0.746. The first kappa shape index (κ1) is 12.5. The summed E-state index contributed by atoms with van der Waals surface area (Å²) in [5.41, 5.74) is 0. The lowest BCUT2D eigenvalue weighted by Gasteiger charge is -2.35. The second-order valence-electron chi connectivity index (χ2n) is 5.15. The second kappa shape index (κ2) is 4.64. The molecule has 3 nitrogen and oxygen atoms in total. The standard InChI is InChI=1S/C14H15ClO3S/c15-11-10-8-14(16-6-7-17-14)13(18-10)12(11)19-9-4-2-1-3-5-9/h1-5,10-13H,6-8H2/t10-,11+,12-,13-/m0/s1. The Kier molecular flexibility index (Phi) is 3.05. The van der Waals surface area contributed by atoms with Crippen LogP contribution in [-0.4, -0.2) is 41.8 Å². The van der Waals surface area contributed by atoms with Crippen LogP contribution in [0.2, 0.25) is 0 Å². The van der Waals surface area contributed by atoms with Crippen molar-refractivity contribution in [3.8, 4) is 0 Å². The van der Waals surface area contributed by atoms with Gasteiger partial charge in [-0.3, -0.25) is 0 Å². The van der Waals surface area contributed by atoms with Crippen molar-refractivity contribution >= 4 is 23.4 Å². The van der Waals surface area contributed by atoms with E-state index in [4.69, 9.17) is 25.8 Å². The van der Waals surface area contributed by atoms with Gasteiger partial charge in [-0.05, 0) is 12.1 Å². The van der Waals surface area contributed by atoms with E-state index in [-0.39, 0.29) is 22.8 Å². The number of fused-ring (bicyclic) bond motifs is 3. The van der Waals surface area contributed by atoms with Crippen molar-refractivity contribution in [1.29, 1.82) is 0 Å². The monoisotopic (exact) mass is 298 g/mol. The van der Waals surface area contributed by atoms with E-state index in [0.717, 1.165) is 6.42 Å². The molecule has 0 amide bonds. The summed E-state index contributed by atoms with van der Waals surface area (Å²) in [5.74, 6) is -0.539. The van der Waals surface area contributed by atoms with E-state index in [1.54, 1.807) is 11.8 Å². The maximum absolute atomic E-state index is 6.53. The van der Waals surface area contributed by atoms with Crippen molar-refractivity contribution in [1.82, 2.24) is 0 Å². The summed E-state index contributed by atoms with van der Waals surface area (Å²) in [5, 5.41) is 0.203. The second-order valence-corrected chi connectivity index (χ2v) is 6.90. The molecule has 1 aromatic carbocycles. The van der Waals surface area contributed by atoms with Crippen LogP contribution in [0.1, 0.15) is 6.42 Å². The normalized spacial score (nSPS) is 39.2. The van der Waals surface area contributed by atoms with E-state index in [0.29, 0.717) is 13.2 Å². The van der Waals surface area contributed by atoms with E-state index in [1.807, 2.05) is 18.2 Å². The quantitative estimate of drug-likeness (QED) is 0.785. The van der Waals surface area contributed by atoms with E-state index in [2.05, 4.69) is 12.1 Å². The molecule has 3 heterocycles. The first-order valence-electron chi connectivity index (χ1n) is 6.58. The molecule has 1 aromatic rings. The van der Waals surface area contributed by atoms with Gasteiger partial charge in [-0.1, -0.05) is 18.2 Å². The highest BCUT2D eigenvalue weighted by Crippen LogP contribution is 2.53. The number of rotatable bonds is 2. The minimum atomic E-state index is -0.539. The number of ether oxygens (including phenoxy) is 3. The van der Waals surface area contributed by atoms with Crippen LogP contribution in [0.5, 0.6) is 0 Å². The number of hydrogen-bond acceptors (Lipinski definition) is 4. The lowest BCUT2D eigenvalue weighted by atomic mass is 9.93. The molecule has 0 N–H and O–H groups in total. The fourth-order valence-corrected chi connectivity index (χ4v) is 4.93. The van der Waals surface area contributed by atoms with Crippen LogP contribution in [0.4, 0.5) is 0 Å². The van der Waals surface area contributed by atoms with E-state index in [1.165, 1.54) is 4.90 Å². The predicted molar refractivity (Wildman–Crippen MR) is 73.6 cm³/mol. The molecular formula is C14H15ClO3S. The number of alkyl halides is 1. The third kappa shape index (κ3) is 1.93. The van der Waals surface area contributed by atoms with Gasteiger partial charge in [0.05, 0.1) is 29.9 Å².